The number of phenols is 1. The van der Waals surface area contributed by atoms with Gasteiger partial charge in [0.2, 0.25) is 0 Å². The van der Waals surface area contributed by atoms with Crippen LogP contribution in [0.1, 0.15) is 110 Å². The Morgan fingerprint density at radius 2 is 1.73 bits per heavy atom. The highest BCUT2D eigenvalue weighted by Gasteiger charge is 2.63. The van der Waals surface area contributed by atoms with Gasteiger partial charge in [0.25, 0.3) is 0 Å². The van der Waals surface area contributed by atoms with Crippen molar-refractivity contribution in [3.05, 3.63) is 29.8 Å². The Labute approximate surface area is 238 Å². The minimum absolute atomic E-state index is 0.0283. The zero-order valence-electron chi connectivity index (χ0n) is 24.7. The Hall–Kier alpha value is -2.57. The van der Waals surface area contributed by atoms with Crippen LogP contribution >= 0.6 is 0 Å². The summed E-state index contributed by atoms with van der Waals surface area (Å²) in [6.45, 7) is 9.88. The van der Waals surface area contributed by atoms with Crippen molar-refractivity contribution in [2.75, 3.05) is 0 Å². The molecule has 7 atom stereocenters. The van der Waals surface area contributed by atoms with Gasteiger partial charge in [0.15, 0.2) is 0 Å². The third-order valence-corrected chi connectivity index (χ3v) is 10.8. The Bertz CT molecular complexity index is 1120. The summed E-state index contributed by atoms with van der Waals surface area (Å²) in [5, 5.41) is 9.94. The van der Waals surface area contributed by atoms with Crippen LogP contribution in [0.25, 0.3) is 0 Å². The second-order valence-corrected chi connectivity index (χ2v) is 13.9. The molecule has 220 valence electrons. The third kappa shape index (κ3) is 5.25. The van der Waals surface area contributed by atoms with Crippen LogP contribution in [-0.2, 0) is 28.6 Å². The van der Waals surface area contributed by atoms with Gasteiger partial charge in [-0.3, -0.25) is 14.4 Å². The van der Waals surface area contributed by atoms with Gasteiger partial charge in [-0.05, 0) is 109 Å². The number of carbonyl (C=O) groups excluding carboxylic acids is 3. The van der Waals surface area contributed by atoms with Gasteiger partial charge in [0.05, 0.1) is 16.7 Å². The van der Waals surface area contributed by atoms with E-state index in [1.165, 1.54) is 0 Å². The Kier molecular flexibility index (Phi) is 7.73. The molecule has 1 aromatic rings. The number of fused-ring (bicyclic) bond motifs is 1. The molecule has 5 rings (SSSR count). The van der Waals surface area contributed by atoms with Crippen LogP contribution in [0, 0.1) is 28.6 Å². The summed E-state index contributed by atoms with van der Waals surface area (Å²) in [6, 6.07) is 7.06. The van der Waals surface area contributed by atoms with Crippen molar-refractivity contribution in [1.29, 1.82) is 0 Å². The van der Waals surface area contributed by atoms with E-state index in [2.05, 4.69) is 6.92 Å². The first-order chi connectivity index (χ1) is 18.9. The molecule has 1 aromatic carbocycles. The van der Waals surface area contributed by atoms with Crippen LogP contribution in [0.2, 0.25) is 0 Å². The van der Waals surface area contributed by atoms with Gasteiger partial charge in [0, 0.05) is 11.8 Å². The number of benzene rings is 1. The summed E-state index contributed by atoms with van der Waals surface area (Å²) in [6.07, 6.45) is 7.33. The van der Waals surface area contributed by atoms with Crippen molar-refractivity contribution < 1.29 is 33.7 Å². The highest BCUT2D eigenvalue weighted by atomic mass is 16.6. The van der Waals surface area contributed by atoms with Gasteiger partial charge < -0.3 is 19.3 Å². The molecule has 1 saturated heterocycles. The molecule has 7 heteroatoms. The van der Waals surface area contributed by atoms with Crippen molar-refractivity contribution in [1.82, 2.24) is 0 Å². The lowest BCUT2D eigenvalue weighted by Crippen LogP contribution is -2.41. The molecule has 7 nitrogen and oxygen atoms in total. The summed E-state index contributed by atoms with van der Waals surface area (Å²) in [7, 11) is 0. The number of aromatic hydroxyl groups is 1. The standard InChI is InChI=1S/C33H46O7/c1-6-32(5,30(37)40-33(7-2)14-8-9-15-33)19-22(20-10-12-23(34)13-11-20)18-31(3,4)29(36)39-26-21-16-24-25(17-21)28(35)38-27(24)26/h10-13,21-22,24-27,34H,6-9,14-19H2,1-5H3. The highest BCUT2D eigenvalue weighted by Crippen LogP contribution is 2.56. The summed E-state index contributed by atoms with van der Waals surface area (Å²) in [4.78, 5) is 39.6. The molecule has 0 aromatic heterocycles. The maximum atomic E-state index is 13.7. The van der Waals surface area contributed by atoms with E-state index in [1.807, 2.05) is 39.8 Å². The Morgan fingerprint density at radius 1 is 1.05 bits per heavy atom. The number of hydrogen-bond donors (Lipinski definition) is 1. The van der Waals surface area contributed by atoms with Crippen LogP contribution < -0.4 is 0 Å². The molecule has 0 spiro atoms. The smallest absolute Gasteiger partial charge is 0.312 e. The summed E-state index contributed by atoms with van der Waals surface area (Å²) >= 11 is 0. The van der Waals surface area contributed by atoms with E-state index in [-0.39, 0.29) is 65.1 Å². The average molecular weight is 555 g/mol. The second kappa shape index (κ2) is 10.7. The average Bonchev–Trinajstić information content (AvgIpc) is 3.68. The lowest BCUT2D eigenvalue weighted by atomic mass is 9.71. The van der Waals surface area contributed by atoms with E-state index in [1.54, 1.807) is 12.1 Å². The Morgan fingerprint density at radius 3 is 2.35 bits per heavy atom. The fourth-order valence-electron chi connectivity index (χ4n) is 7.88. The minimum Gasteiger partial charge on any atom is -0.508 e. The number of rotatable bonds is 11. The number of hydrogen-bond acceptors (Lipinski definition) is 7. The van der Waals surface area contributed by atoms with Gasteiger partial charge >= 0.3 is 17.9 Å². The lowest BCUT2D eigenvalue weighted by Gasteiger charge is -2.38. The van der Waals surface area contributed by atoms with Crippen molar-refractivity contribution in [2.45, 2.75) is 123 Å². The third-order valence-electron chi connectivity index (χ3n) is 10.8. The van der Waals surface area contributed by atoms with Crippen LogP contribution in [0.3, 0.4) is 0 Å². The molecule has 2 bridgehead atoms. The fourth-order valence-corrected chi connectivity index (χ4v) is 7.88. The predicted octanol–water partition coefficient (Wildman–Crippen LogP) is 6.46. The van der Waals surface area contributed by atoms with Crippen molar-refractivity contribution in [3.8, 4) is 5.75 Å². The van der Waals surface area contributed by atoms with E-state index in [0.717, 1.165) is 50.5 Å². The van der Waals surface area contributed by atoms with Crippen LogP contribution in [0.5, 0.6) is 5.75 Å². The van der Waals surface area contributed by atoms with Gasteiger partial charge in [-0.2, -0.15) is 0 Å². The van der Waals surface area contributed by atoms with E-state index in [4.69, 9.17) is 14.2 Å². The maximum absolute atomic E-state index is 13.7. The minimum atomic E-state index is -0.846. The SMILES string of the molecule is CCC1(OC(=O)C(C)(CC)CC(CC(C)(C)C(=O)OC2C3CC4C(=O)OC2C4C3)c2ccc(O)cc2)CCCC1. The number of phenolic OH excluding ortho intramolecular Hbond substituents is 1. The topological polar surface area (TPSA) is 99.1 Å². The van der Waals surface area contributed by atoms with Gasteiger partial charge in [-0.25, -0.2) is 0 Å². The maximum Gasteiger partial charge on any atom is 0.312 e. The zero-order valence-corrected chi connectivity index (χ0v) is 24.7. The van der Waals surface area contributed by atoms with Crippen molar-refractivity contribution >= 4 is 17.9 Å². The molecule has 0 radical (unpaired) electrons. The molecule has 4 fully saturated rings. The van der Waals surface area contributed by atoms with E-state index >= 15 is 0 Å². The molecule has 3 saturated carbocycles. The number of carbonyl (C=O) groups is 3. The lowest BCUT2D eigenvalue weighted by molar-refractivity contribution is -0.173. The van der Waals surface area contributed by atoms with Gasteiger partial charge in [-0.1, -0.05) is 26.0 Å². The molecule has 4 aliphatic rings. The molecule has 3 aliphatic carbocycles. The molecule has 0 amide bonds. The summed E-state index contributed by atoms with van der Waals surface area (Å²) in [5.74, 6) is -0.256. The molecule has 40 heavy (non-hydrogen) atoms. The normalized spacial score (nSPS) is 30.5. The highest BCUT2D eigenvalue weighted by molar-refractivity contribution is 5.79. The van der Waals surface area contributed by atoms with Crippen LogP contribution in [0.15, 0.2) is 24.3 Å². The first-order valence-electron chi connectivity index (χ1n) is 15.3. The van der Waals surface area contributed by atoms with Crippen molar-refractivity contribution in [3.63, 3.8) is 0 Å². The number of ether oxygens (including phenoxy) is 3. The molecule has 1 aliphatic heterocycles. The zero-order chi connectivity index (χ0) is 28.9. The summed E-state index contributed by atoms with van der Waals surface area (Å²) < 4.78 is 18.0. The molecule has 1 N–H and O–H groups in total. The van der Waals surface area contributed by atoms with Crippen molar-refractivity contribution in [2.24, 2.45) is 28.6 Å². The molecular weight excluding hydrogens is 508 g/mol. The van der Waals surface area contributed by atoms with Crippen LogP contribution in [-0.4, -0.2) is 40.8 Å². The quantitative estimate of drug-likeness (QED) is 0.248. The van der Waals surface area contributed by atoms with Gasteiger partial charge in [0.1, 0.15) is 23.6 Å². The second-order valence-electron chi connectivity index (χ2n) is 13.9. The van der Waals surface area contributed by atoms with E-state index in [0.29, 0.717) is 19.3 Å². The van der Waals surface area contributed by atoms with Crippen LogP contribution in [0.4, 0.5) is 0 Å². The molecule has 1 heterocycles. The monoisotopic (exact) mass is 554 g/mol. The molecular formula is C33H46O7. The Balaban J connectivity index is 1.33. The van der Waals surface area contributed by atoms with E-state index < -0.39 is 10.8 Å². The first-order valence-corrected chi connectivity index (χ1v) is 15.3. The first kappa shape index (κ1) is 28.9. The largest absolute Gasteiger partial charge is 0.508 e. The van der Waals surface area contributed by atoms with E-state index in [9.17, 15) is 19.5 Å². The van der Waals surface area contributed by atoms with Gasteiger partial charge in [-0.15, -0.1) is 0 Å². The predicted molar refractivity (Wildman–Crippen MR) is 149 cm³/mol. The molecule has 7 unspecified atom stereocenters. The fraction of sp³-hybridized carbons (Fsp3) is 0.727. The summed E-state index contributed by atoms with van der Waals surface area (Å²) in [5.41, 5.74) is -0.982. The number of esters is 3.